The Morgan fingerprint density at radius 3 is 2.71 bits per heavy atom. The van der Waals surface area contributed by atoms with Gasteiger partial charge in [-0.1, -0.05) is 5.11 Å². The van der Waals surface area contributed by atoms with Crippen LogP contribution in [0, 0.1) is 17.4 Å². The summed E-state index contributed by atoms with van der Waals surface area (Å²) in [5, 5.41) is 3.56. The monoisotopic (exact) mass is 319 g/mol. The molecule has 0 atom stereocenters. The fraction of sp³-hybridized carbons (Fsp3) is 0.333. The first-order valence-electron chi connectivity index (χ1n) is 4.06. The molecule has 0 aliphatic rings. The first kappa shape index (κ1) is 11.7. The van der Waals surface area contributed by atoms with Gasteiger partial charge in [-0.2, -0.15) is 0 Å². The highest BCUT2D eigenvalue weighted by atomic mass is 127. The van der Waals surface area contributed by atoms with E-state index >= 15 is 0 Å². The Bertz CT molecular complexity index is 411. The number of hydrogen-bond donors (Lipinski definition) is 1. The highest BCUT2D eigenvalue weighted by Crippen LogP contribution is 2.26. The number of azide groups is 1. The van der Waals surface area contributed by atoms with Crippen LogP contribution in [-0.2, 0) is 6.54 Å². The Labute approximate surface area is 102 Å². The highest BCUT2D eigenvalue weighted by Gasteiger charge is 2.07. The van der Waals surface area contributed by atoms with Crippen molar-refractivity contribution in [2.24, 2.45) is 5.11 Å². The van der Waals surface area contributed by atoms with E-state index in [2.05, 4.69) is 45.2 Å². The second kappa shape index (κ2) is 4.91. The van der Waals surface area contributed by atoms with Crippen molar-refractivity contribution < 1.29 is 0 Å². The summed E-state index contributed by atoms with van der Waals surface area (Å²) < 4.78 is 1.15. The van der Waals surface area contributed by atoms with Crippen molar-refractivity contribution in [3.05, 3.63) is 36.8 Å². The van der Waals surface area contributed by atoms with E-state index in [0.29, 0.717) is 6.54 Å². The normalized spacial score (nSPS) is 9.71. The van der Waals surface area contributed by atoms with Crippen molar-refractivity contribution >= 4 is 35.2 Å². The van der Waals surface area contributed by atoms with E-state index in [1.165, 1.54) is 5.56 Å². The number of nitrogens with zero attached hydrogens (tertiary/aromatic N) is 3. The number of thiol groups is 1. The molecular formula is C9H10IN3S. The van der Waals surface area contributed by atoms with Gasteiger partial charge < -0.3 is 0 Å². The molecule has 0 aliphatic heterocycles. The smallest absolute Gasteiger partial charge is 0.0514 e. The van der Waals surface area contributed by atoms with E-state index in [1.807, 2.05) is 19.9 Å². The molecule has 0 fully saturated rings. The van der Waals surface area contributed by atoms with Crippen LogP contribution in [0.1, 0.15) is 16.7 Å². The van der Waals surface area contributed by atoms with Crippen molar-refractivity contribution in [1.82, 2.24) is 0 Å². The molecule has 0 unspecified atom stereocenters. The lowest BCUT2D eigenvalue weighted by Crippen LogP contribution is -1.94. The zero-order chi connectivity index (χ0) is 10.7. The third kappa shape index (κ3) is 2.34. The summed E-state index contributed by atoms with van der Waals surface area (Å²) in [6, 6.07) is 2.04. The molecule has 0 aromatic heterocycles. The van der Waals surface area contributed by atoms with Gasteiger partial charge in [0.15, 0.2) is 0 Å². The zero-order valence-electron chi connectivity index (χ0n) is 7.95. The lowest BCUT2D eigenvalue weighted by atomic mass is 10.1. The molecule has 14 heavy (non-hydrogen) atoms. The fourth-order valence-electron chi connectivity index (χ4n) is 1.19. The quantitative estimate of drug-likeness (QED) is 0.282. The molecule has 0 amide bonds. The Morgan fingerprint density at radius 1 is 1.50 bits per heavy atom. The summed E-state index contributed by atoms with van der Waals surface area (Å²) in [6.07, 6.45) is 0. The maximum absolute atomic E-state index is 8.25. The van der Waals surface area contributed by atoms with Gasteiger partial charge in [-0.15, -0.1) is 12.6 Å². The summed E-state index contributed by atoms with van der Waals surface area (Å²) in [5.41, 5.74) is 11.6. The predicted octanol–water partition coefficient (Wildman–Crippen LogP) is 4.01. The molecule has 3 nitrogen and oxygen atoms in total. The van der Waals surface area contributed by atoms with E-state index in [9.17, 15) is 0 Å². The van der Waals surface area contributed by atoms with Gasteiger partial charge in [0.2, 0.25) is 0 Å². The number of hydrogen-bond acceptors (Lipinski definition) is 2. The van der Waals surface area contributed by atoms with Crippen molar-refractivity contribution in [3.63, 3.8) is 0 Å². The first-order valence-corrected chi connectivity index (χ1v) is 5.59. The molecule has 1 aromatic rings. The zero-order valence-corrected chi connectivity index (χ0v) is 11.0. The van der Waals surface area contributed by atoms with Crippen LogP contribution in [-0.4, -0.2) is 0 Å². The summed E-state index contributed by atoms with van der Waals surface area (Å²) >= 11 is 6.69. The molecule has 1 rings (SSSR count). The van der Waals surface area contributed by atoms with Crippen LogP contribution >= 0.6 is 35.2 Å². The molecule has 0 bridgehead atoms. The molecule has 1 aromatic carbocycles. The van der Waals surface area contributed by atoms with Crippen molar-refractivity contribution in [2.45, 2.75) is 25.3 Å². The van der Waals surface area contributed by atoms with Crippen molar-refractivity contribution in [1.29, 1.82) is 0 Å². The van der Waals surface area contributed by atoms with Crippen LogP contribution in [0.15, 0.2) is 16.1 Å². The molecule has 0 radical (unpaired) electrons. The number of benzene rings is 1. The Hall–Kier alpha value is -0.390. The summed E-state index contributed by atoms with van der Waals surface area (Å²) in [5.74, 6) is 0. The molecule has 0 spiro atoms. The minimum Gasteiger partial charge on any atom is -0.143 e. The van der Waals surface area contributed by atoms with Gasteiger partial charge in [-0.25, -0.2) is 0 Å². The van der Waals surface area contributed by atoms with Crippen LogP contribution < -0.4 is 0 Å². The van der Waals surface area contributed by atoms with Gasteiger partial charge in [0.05, 0.1) is 6.54 Å². The average molecular weight is 319 g/mol. The average Bonchev–Trinajstić information content (AvgIpc) is 2.18. The maximum atomic E-state index is 8.25. The topological polar surface area (TPSA) is 48.8 Å². The van der Waals surface area contributed by atoms with Crippen LogP contribution in [0.25, 0.3) is 10.4 Å². The minimum atomic E-state index is 0.395. The van der Waals surface area contributed by atoms with Crippen LogP contribution in [0.3, 0.4) is 0 Å². The van der Waals surface area contributed by atoms with Crippen LogP contribution in [0.4, 0.5) is 0 Å². The molecule has 0 saturated carbocycles. The second-order valence-corrected chi connectivity index (χ2v) is 4.61. The van der Waals surface area contributed by atoms with Gasteiger partial charge in [0.25, 0.3) is 0 Å². The van der Waals surface area contributed by atoms with E-state index < -0.39 is 0 Å². The lowest BCUT2D eigenvalue weighted by Gasteiger charge is -2.10. The van der Waals surface area contributed by atoms with Crippen molar-refractivity contribution in [3.8, 4) is 0 Å². The Morgan fingerprint density at radius 2 is 2.14 bits per heavy atom. The number of rotatable bonds is 2. The van der Waals surface area contributed by atoms with Crippen molar-refractivity contribution in [2.75, 3.05) is 0 Å². The van der Waals surface area contributed by atoms with Gasteiger partial charge >= 0.3 is 0 Å². The molecule has 0 saturated heterocycles. The Balaban J connectivity index is 3.25. The third-order valence-corrected chi connectivity index (χ3v) is 3.95. The van der Waals surface area contributed by atoms with E-state index in [1.54, 1.807) is 0 Å². The molecule has 5 heteroatoms. The summed E-state index contributed by atoms with van der Waals surface area (Å²) in [4.78, 5) is 3.74. The van der Waals surface area contributed by atoms with E-state index in [4.69, 9.17) is 5.53 Å². The molecular weight excluding hydrogens is 309 g/mol. The van der Waals surface area contributed by atoms with Gasteiger partial charge in [-0.05, 0) is 64.7 Å². The predicted molar refractivity (Wildman–Crippen MR) is 68.7 cm³/mol. The van der Waals surface area contributed by atoms with Gasteiger partial charge in [0, 0.05) is 13.4 Å². The minimum absolute atomic E-state index is 0.395. The Kier molecular flexibility index (Phi) is 4.10. The third-order valence-electron chi connectivity index (χ3n) is 2.16. The van der Waals surface area contributed by atoms with Crippen LogP contribution in [0.2, 0.25) is 0 Å². The SMILES string of the molecule is Cc1c(I)cc(CN=[N+]=[N-])c(C)c1S. The molecule has 0 aliphatic carbocycles. The van der Waals surface area contributed by atoms with E-state index in [0.717, 1.165) is 19.6 Å². The van der Waals surface area contributed by atoms with Crippen LogP contribution in [0.5, 0.6) is 0 Å². The largest absolute Gasteiger partial charge is 0.143 e. The first-order chi connectivity index (χ1) is 6.57. The highest BCUT2D eigenvalue weighted by molar-refractivity contribution is 14.1. The standard InChI is InChI=1S/C9H10IN3S/c1-5-7(4-12-13-11)3-8(10)6(2)9(5)14/h3,14H,4H2,1-2H3. The molecule has 0 N–H and O–H groups in total. The van der Waals surface area contributed by atoms with Gasteiger partial charge in [0.1, 0.15) is 0 Å². The second-order valence-electron chi connectivity index (χ2n) is 3.01. The lowest BCUT2D eigenvalue weighted by molar-refractivity contribution is 0.999. The molecule has 0 heterocycles. The molecule has 74 valence electrons. The number of halogens is 1. The van der Waals surface area contributed by atoms with E-state index in [-0.39, 0.29) is 0 Å². The summed E-state index contributed by atoms with van der Waals surface area (Å²) in [6.45, 7) is 4.42. The summed E-state index contributed by atoms with van der Waals surface area (Å²) in [7, 11) is 0. The maximum Gasteiger partial charge on any atom is 0.0514 e. The van der Waals surface area contributed by atoms with Gasteiger partial charge in [-0.3, -0.25) is 0 Å². The fourth-order valence-corrected chi connectivity index (χ4v) is 2.31.